The molecule has 5 nitrogen and oxygen atoms in total. The van der Waals surface area contributed by atoms with Gasteiger partial charge in [0.1, 0.15) is 5.82 Å². The van der Waals surface area contributed by atoms with E-state index in [0.29, 0.717) is 5.69 Å². The predicted octanol–water partition coefficient (Wildman–Crippen LogP) is 2.76. The lowest BCUT2D eigenvalue weighted by Gasteiger charge is -2.12. The van der Waals surface area contributed by atoms with Crippen LogP contribution in [-0.2, 0) is 10.0 Å². The first kappa shape index (κ1) is 16.0. The maximum Gasteiger partial charge on any atom is 0.257 e. The number of benzene rings is 2. The van der Waals surface area contributed by atoms with Gasteiger partial charge < -0.3 is 5.32 Å². The Labute approximate surface area is 128 Å². The number of rotatable bonds is 4. The molecular weight excluding hydrogens is 307 g/mol. The number of sulfonamides is 1. The molecule has 0 aliphatic carbocycles. The minimum atomic E-state index is -3.58. The lowest BCUT2D eigenvalue weighted by molar-refractivity contribution is 0.102. The van der Waals surface area contributed by atoms with Crippen LogP contribution in [0.25, 0.3) is 0 Å². The van der Waals surface area contributed by atoms with Gasteiger partial charge in [-0.2, -0.15) is 0 Å². The Morgan fingerprint density at radius 1 is 1.09 bits per heavy atom. The number of nitrogens with one attached hydrogen (secondary N) is 2. The van der Waals surface area contributed by atoms with Crippen molar-refractivity contribution in [1.82, 2.24) is 0 Å². The van der Waals surface area contributed by atoms with Crippen molar-refractivity contribution in [2.45, 2.75) is 6.92 Å². The molecule has 22 heavy (non-hydrogen) atoms. The SMILES string of the molecule is Cc1ccccc1NC(=O)c1cc(F)ccc1NS(C)(=O)=O. The third kappa shape index (κ3) is 4.05. The van der Waals surface area contributed by atoms with E-state index in [1.165, 1.54) is 6.07 Å². The zero-order valence-corrected chi connectivity index (χ0v) is 12.9. The van der Waals surface area contributed by atoms with Crippen LogP contribution in [-0.4, -0.2) is 20.6 Å². The average Bonchev–Trinajstić information content (AvgIpc) is 2.42. The van der Waals surface area contributed by atoms with Gasteiger partial charge in [0.15, 0.2) is 0 Å². The number of hydrogen-bond donors (Lipinski definition) is 2. The van der Waals surface area contributed by atoms with Gasteiger partial charge in [0.2, 0.25) is 10.0 Å². The molecule has 0 aromatic heterocycles. The van der Waals surface area contributed by atoms with Gasteiger partial charge in [0, 0.05) is 5.69 Å². The molecule has 116 valence electrons. The Morgan fingerprint density at radius 2 is 1.77 bits per heavy atom. The molecule has 7 heteroatoms. The van der Waals surface area contributed by atoms with Crippen LogP contribution in [0.1, 0.15) is 15.9 Å². The van der Waals surface area contributed by atoms with Crippen LogP contribution in [0.5, 0.6) is 0 Å². The van der Waals surface area contributed by atoms with E-state index in [1.54, 1.807) is 12.1 Å². The highest BCUT2D eigenvalue weighted by atomic mass is 32.2. The van der Waals surface area contributed by atoms with Crippen molar-refractivity contribution in [2.24, 2.45) is 0 Å². The van der Waals surface area contributed by atoms with Crippen LogP contribution in [0.2, 0.25) is 0 Å². The summed E-state index contributed by atoms with van der Waals surface area (Å²) in [5, 5.41) is 2.64. The summed E-state index contributed by atoms with van der Waals surface area (Å²) in [7, 11) is -3.58. The Bertz CT molecular complexity index is 819. The van der Waals surface area contributed by atoms with E-state index < -0.39 is 21.7 Å². The first-order valence-corrected chi connectivity index (χ1v) is 8.30. The molecular formula is C15H15FN2O3S. The second-order valence-corrected chi connectivity index (χ2v) is 6.58. The molecule has 0 aliphatic rings. The second kappa shape index (κ2) is 6.15. The number of para-hydroxylation sites is 1. The van der Waals surface area contributed by atoms with Crippen LogP contribution < -0.4 is 10.0 Å². The number of hydrogen-bond acceptors (Lipinski definition) is 3. The quantitative estimate of drug-likeness (QED) is 0.909. The summed E-state index contributed by atoms with van der Waals surface area (Å²) in [5.74, 6) is -1.23. The molecule has 0 unspecified atom stereocenters. The van der Waals surface area contributed by atoms with Gasteiger partial charge in [-0.25, -0.2) is 12.8 Å². The predicted molar refractivity (Wildman–Crippen MR) is 84.0 cm³/mol. The number of anilines is 2. The summed E-state index contributed by atoms with van der Waals surface area (Å²) in [5.41, 5.74) is 1.34. The summed E-state index contributed by atoms with van der Waals surface area (Å²) in [6.45, 7) is 1.82. The van der Waals surface area contributed by atoms with Crippen molar-refractivity contribution in [1.29, 1.82) is 0 Å². The average molecular weight is 322 g/mol. The number of halogens is 1. The maximum absolute atomic E-state index is 13.4. The molecule has 0 saturated carbocycles. The van der Waals surface area contributed by atoms with Gasteiger partial charge in [0.05, 0.1) is 17.5 Å². The highest BCUT2D eigenvalue weighted by molar-refractivity contribution is 7.92. The molecule has 0 aliphatic heterocycles. The van der Waals surface area contributed by atoms with Gasteiger partial charge in [-0.3, -0.25) is 9.52 Å². The molecule has 2 aromatic carbocycles. The van der Waals surface area contributed by atoms with Gasteiger partial charge in [-0.15, -0.1) is 0 Å². The Hall–Kier alpha value is -2.41. The largest absolute Gasteiger partial charge is 0.322 e. The Morgan fingerprint density at radius 3 is 2.41 bits per heavy atom. The summed E-state index contributed by atoms with van der Waals surface area (Å²) < 4.78 is 38.3. The fourth-order valence-corrected chi connectivity index (χ4v) is 2.47. The molecule has 0 fully saturated rings. The van der Waals surface area contributed by atoms with Crippen molar-refractivity contribution in [3.8, 4) is 0 Å². The molecule has 2 N–H and O–H groups in total. The lowest BCUT2D eigenvalue weighted by Crippen LogP contribution is -2.18. The topological polar surface area (TPSA) is 75.3 Å². The minimum Gasteiger partial charge on any atom is -0.322 e. The minimum absolute atomic E-state index is 0.0231. The number of aryl methyl sites for hydroxylation is 1. The normalized spacial score (nSPS) is 11.0. The molecule has 0 bridgehead atoms. The molecule has 2 aromatic rings. The summed E-state index contributed by atoms with van der Waals surface area (Å²) in [6.07, 6.45) is 0.958. The highest BCUT2D eigenvalue weighted by Gasteiger charge is 2.16. The fraction of sp³-hybridized carbons (Fsp3) is 0.133. The van der Waals surface area contributed by atoms with Gasteiger partial charge in [0.25, 0.3) is 5.91 Å². The number of carbonyl (C=O) groups excluding carboxylic acids is 1. The van der Waals surface area contributed by atoms with Crippen LogP contribution in [0.4, 0.5) is 15.8 Å². The van der Waals surface area contributed by atoms with Crippen molar-refractivity contribution in [3.63, 3.8) is 0 Å². The van der Waals surface area contributed by atoms with Gasteiger partial charge in [-0.1, -0.05) is 18.2 Å². The van der Waals surface area contributed by atoms with Crippen LogP contribution >= 0.6 is 0 Å². The molecule has 2 rings (SSSR count). The molecule has 0 atom stereocenters. The third-order valence-corrected chi connectivity index (χ3v) is 3.51. The molecule has 0 spiro atoms. The maximum atomic E-state index is 13.4. The van der Waals surface area contributed by atoms with Crippen molar-refractivity contribution < 1.29 is 17.6 Å². The van der Waals surface area contributed by atoms with Crippen LogP contribution in [0.15, 0.2) is 42.5 Å². The van der Waals surface area contributed by atoms with E-state index in [9.17, 15) is 17.6 Å². The van der Waals surface area contributed by atoms with Crippen molar-refractivity contribution in [2.75, 3.05) is 16.3 Å². The highest BCUT2D eigenvalue weighted by Crippen LogP contribution is 2.21. The first-order valence-electron chi connectivity index (χ1n) is 6.40. The van der Waals surface area contributed by atoms with Crippen LogP contribution in [0.3, 0.4) is 0 Å². The van der Waals surface area contributed by atoms with E-state index in [2.05, 4.69) is 10.0 Å². The molecule has 0 saturated heterocycles. The number of amides is 1. The van der Waals surface area contributed by atoms with E-state index in [4.69, 9.17) is 0 Å². The van der Waals surface area contributed by atoms with Crippen LogP contribution in [0, 0.1) is 12.7 Å². The number of carbonyl (C=O) groups is 1. The van der Waals surface area contributed by atoms with E-state index in [0.717, 1.165) is 24.0 Å². The third-order valence-electron chi connectivity index (χ3n) is 2.91. The Balaban J connectivity index is 2.36. The first-order chi connectivity index (χ1) is 10.3. The standard InChI is InChI=1S/C15H15FN2O3S/c1-10-5-3-4-6-13(10)17-15(19)12-9-11(16)7-8-14(12)18-22(2,20)21/h3-9,18H,1-2H3,(H,17,19). The Kier molecular flexibility index (Phi) is 4.46. The van der Waals surface area contributed by atoms with Gasteiger partial charge in [-0.05, 0) is 36.8 Å². The van der Waals surface area contributed by atoms with E-state index in [1.807, 2.05) is 19.1 Å². The van der Waals surface area contributed by atoms with E-state index in [-0.39, 0.29) is 11.3 Å². The molecule has 0 heterocycles. The van der Waals surface area contributed by atoms with Gasteiger partial charge >= 0.3 is 0 Å². The zero-order valence-electron chi connectivity index (χ0n) is 12.1. The summed E-state index contributed by atoms with van der Waals surface area (Å²) in [4.78, 5) is 12.3. The van der Waals surface area contributed by atoms with Crippen molar-refractivity contribution >= 4 is 27.3 Å². The smallest absolute Gasteiger partial charge is 0.257 e. The van der Waals surface area contributed by atoms with E-state index >= 15 is 0 Å². The van der Waals surface area contributed by atoms with Crippen molar-refractivity contribution in [3.05, 3.63) is 59.4 Å². The summed E-state index contributed by atoms with van der Waals surface area (Å²) in [6, 6.07) is 10.4. The lowest BCUT2D eigenvalue weighted by atomic mass is 10.1. The fourth-order valence-electron chi connectivity index (χ4n) is 1.90. The molecule has 1 amide bonds. The summed E-state index contributed by atoms with van der Waals surface area (Å²) >= 11 is 0. The second-order valence-electron chi connectivity index (χ2n) is 4.83. The monoisotopic (exact) mass is 322 g/mol. The zero-order chi connectivity index (χ0) is 16.3. The molecule has 0 radical (unpaired) electrons.